The normalized spacial score (nSPS) is 25.8. The minimum atomic E-state index is -0.382. The molecule has 2 heterocycles. The van der Waals surface area contributed by atoms with Crippen LogP contribution in [0.4, 0.5) is 0 Å². The minimum absolute atomic E-state index is 0.0364. The first-order valence-electron chi connectivity index (χ1n) is 6.34. The molecule has 1 fully saturated rings. The first-order chi connectivity index (χ1) is 8.63. The van der Waals surface area contributed by atoms with E-state index < -0.39 is 0 Å². The maximum Gasteiger partial charge on any atom is 0.233 e. The molecule has 3 atom stereocenters. The van der Waals surface area contributed by atoms with Crippen LogP contribution in [0.2, 0.25) is 0 Å². The van der Waals surface area contributed by atoms with Crippen LogP contribution in [-0.4, -0.2) is 39.5 Å². The zero-order valence-electron chi connectivity index (χ0n) is 11.0. The predicted molar refractivity (Wildman–Crippen MR) is 69.6 cm³/mol. The van der Waals surface area contributed by atoms with E-state index in [1.54, 1.807) is 11.8 Å². The van der Waals surface area contributed by atoms with Crippen molar-refractivity contribution < 1.29 is 14.4 Å². The van der Waals surface area contributed by atoms with E-state index in [-0.39, 0.29) is 18.1 Å². The molecule has 6 heteroatoms. The number of hydrogen-bond acceptors (Lipinski definition) is 6. The molecule has 1 N–H and O–H groups in total. The smallest absolute Gasteiger partial charge is 0.233 e. The molecular weight excluding hydrogens is 252 g/mol. The van der Waals surface area contributed by atoms with Gasteiger partial charge in [0.2, 0.25) is 11.7 Å². The lowest BCUT2D eigenvalue weighted by molar-refractivity contribution is 0.0217. The fraction of sp³-hybridized carbons (Fsp3) is 0.833. The summed E-state index contributed by atoms with van der Waals surface area (Å²) >= 11 is 1.71. The fourth-order valence-electron chi connectivity index (χ4n) is 2.04. The molecule has 0 radical (unpaired) electrons. The van der Waals surface area contributed by atoms with Crippen LogP contribution in [0.3, 0.4) is 0 Å². The Bertz CT molecular complexity index is 383. The molecule has 1 aromatic rings. The molecule has 1 aliphatic rings. The third-order valence-corrected chi connectivity index (χ3v) is 4.20. The number of thioether (sulfide) groups is 1. The molecule has 0 aromatic carbocycles. The van der Waals surface area contributed by atoms with Crippen LogP contribution in [0.5, 0.6) is 0 Å². The number of aromatic nitrogens is 2. The van der Waals surface area contributed by atoms with Crippen molar-refractivity contribution in [2.75, 3.05) is 18.1 Å². The number of aliphatic hydroxyl groups is 1. The highest BCUT2D eigenvalue weighted by molar-refractivity contribution is 7.99. The van der Waals surface area contributed by atoms with Crippen LogP contribution in [0.15, 0.2) is 4.52 Å². The van der Waals surface area contributed by atoms with E-state index in [1.807, 2.05) is 6.92 Å². The van der Waals surface area contributed by atoms with E-state index in [0.29, 0.717) is 24.2 Å². The lowest BCUT2D eigenvalue weighted by atomic mass is 10.1. The molecule has 1 aliphatic heterocycles. The van der Waals surface area contributed by atoms with Gasteiger partial charge in [-0.25, -0.2) is 0 Å². The monoisotopic (exact) mass is 272 g/mol. The molecule has 1 saturated heterocycles. The number of rotatable bonds is 5. The quantitative estimate of drug-likeness (QED) is 0.884. The van der Waals surface area contributed by atoms with Crippen molar-refractivity contribution in [2.24, 2.45) is 5.92 Å². The SMILES string of the molecule is CCOC(c1noc(C2CSCC2O)n1)C(C)C. The standard InChI is InChI=1S/C12H20N2O3S/c1-4-16-10(7(2)3)11-13-12(17-14-11)8-5-18-6-9(8)15/h7-10,15H,4-6H2,1-3H3. The summed E-state index contributed by atoms with van der Waals surface area (Å²) in [5.74, 6) is 2.95. The van der Waals surface area contributed by atoms with E-state index in [4.69, 9.17) is 9.26 Å². The third kappa shape index (κ3) is 2.87. The largest absolute Gasteiger partial charge is 0.391 e. The summed E-state index contributed by atoms with van der Waals surface area (Å²) in [6.45, 7) is 6.70. The molecule has 0 saturated carbocycles. The Morgan fingerprint density at radius 2 is 2.28 bits per heavy atom. The Kier molecular flexibility index (Phi) is 4.64. The van der Waals surface area contributed by atoms with Gasteiger partial charge in [0, 0.05) is 18.1 Å². The summed E-state index contributed by atoms with van der Waals surface area (Å²) in [4.78, 5) is 4.41. The zero-order chi connectivity index (χ0) is 13.1. The summed E-state index contributed by atoms with van der Waals surface area (Å²) in [6, 6.07) is 0. The highest BCUT2D eigenvalue weighted by atomic mass is 32.2. The Hall–Kier alpha value is -0.590. The lowest BCUT2D eigenvalue weighted by Crippen LogP contribution is -2.17. The Labute approximate surface area is 111 Å². The van der Waals surface area contributed by atoms with Gasteiger partial charge in [-0.3, -0.25) is 0 Å². The minimum Gasteiger partial charge on any atom is -0.391 e. The van der Waals surface area contributed by atoms with E-state index in [2.05, 4.69) is 24.0 Å². The van der Waals surface area contributed by atoms with Crippen LogP contribution in [0.25, 0.3) is 0 Å². The van der Waals surface area contributed by atoms with Gasteiger partial charge < -0.3 is 14.4 Å². The Balaban J connectivity index is 2.13. The Morgan fingerprint density at radius 1 is 1.50 bits per heavy atom. The fourth-order valence-corrected chi connectivity index (χ4v) is 3.27. The molecule has 0 spiro atoms. The second-order valence-corrected chi connectivity index (χ2v) is 5.90. The summed E-state index contributed by atoms with van der Waals surface area (Å²) < 4.78 is 10.9. The van der Waals surface area contributed by atoms with E-state index in [1.165, 1.54) is 0 Å². The lowest BCUT2D eigenvalue weighted by Gasteiger charge is -2.16. The summed E-state index contributed by atoms with van der Waals surface area (Å²) in [5, 5.41) is 13.8. The maximum atomic E-state index is 9.82. The van der Waals surface area contributed by atoms with Gasteiger partial charge in [-0.15, -0.1) is 0 Å². The first-order valence-corrected chi connectivity index (χ1v) is 7.49. The van der Waals surface area contributed by atoms with Crippen LogP contribution in [0, 0.1) is 5.92 Å². The van der Waals surface area contributed by atoms with Gasteiger partial charge in [0.15, 0.2) is 0 Å². The van der Waals surface area contributed by atoms with Crippen molar-refractivity contribution in [3.8, 4) is 0 Å². The van der Waals surface area contributed by atoms with Crippen molar-refractivity contribution in [2.45, 2.75) is 38.9 Å². The second-order valence-electron chi connectivity index (χ2n) is 4.82. The van der Waals surface area contributed by atoms with E-state index >= 15 is 0 Å². The van der Waals surface area contributed by atoms with Crippen LogP contribution in [0.1, 0.15) is 44.5 Å². The highest BCUT2D eigenvalue weighted by Gasteiger charge is 2.33. The van der Waals surface area contributed by atoms with Gasteiger partial charge in [-0.2, -0.15) is 16.7 Å². The second kappa shape index (κ2) is 6.04. The average molecular weight is 272 g/mol. The van der Waals surface area contributed by atoms with Gasteiger partial charge in [0.1, 0.15) is 6.10 Å². The molecular formula is C12H20N2O3S. The average Bonchev–Trinajstić information content (AvgIpc) is 2.93. The molecule has 3 unspecified atom stereocenters. The maximum absolute atomic E-state index is 9.82. The predicted octanol–water partition coefficient (Wildman–Crippen LogP) is 1.99. The molecule has 102 valence electrons. The molecule has 0 aliphatic carbocycles. The topological polar surface area (TPSA) is 68.4 Å². The van der Waals surface area contributed by atoms with E-state index in [9.17, 15) is 5.11 Å². The molecule has 0 amide bonds. The van der Waals surface area contributed by atoms with E-state index in [0.717, 1.165) is 11.5 Å². The number of ether oxygens (including phenoxy) is 1. The number of hydrogen-bond donors (Lipinski definition) is 1. The van der Waals surface area contributed by atoms with Crippen molar-refractivity contribution in [3.63, 3.8) is 0 Å². The van der Waals surface area contributed by atoms with Gasteiger partial charge in [0.05, 0.1) is 12.0 Å². The molecule has 2 rings (SSSR count). The number of nitrogens with zero attached hydrogens (tertiary/aromatic N) is 2. The van der Waals surface area contributed by atoms with Crippen LogP contribution >= 0.6 is 11.8 Å². The third-order valence-electron chi connectivity index (χ3n) is 3.03. The molecule has 18 heavy (non-hydrogen) atoms. The zero-order valence-corrected chi connectivity index (χ0v) is 11.8. The van der Waals surface area contributed by atoms with Crippen LogP contribution < -0.4 is 0 Å². The van der Waals surface area contributed by atoms with Crippen molar-refractivity contribution in [1.82, 2.24) is 10.1 Å². The molecule has 1 aromatic heterocycles. The summed E-state index contributed by atoms with van der Waals surface area (Å²) in [7, 11) is 0. The van der Waals surface area contributed by atoms with Gasteiger partial charge in [-0.05, 0) is 12.8 Å². The van der Waals surface area contributed by atoms with Gasteiger partial charge >= 0.3 is 0 Å². The van der Waals surface area contributed by atoms with Gasteiger partial charge in [-0.1, -0.05) is 19.0 Å². The molecule has 5 nitrogen and oxygen atoms in total. The first kappa shape index (κ1) is 13.8. The van der Waals surface area contributed by atoms with Crippen molar-refractivity contribution >= 4 is 11.8 Å². The number of aliphatic hydroxyl groups excluding tert-OH is 1. The van der Waals surface area contributed by atoms with Crippen molar-refractivity contribution in [1.29, 1.82) is 0 Å². The van der Waals surface area contributed by atoms with Crippen molar-refractivity contribution in [3.05, 3.63) is 11.7 Å². The van der Waals surface area contributed by atoms with Gasteiger partial charge in [0.25, 0.3) is 0 Å². The summed E-state index contributed by atoms with van der Waals surface area (Å²) in [6.07, 6.45) is -0.522. The Morgan fingerprint density at radius 3 is 2.83 bits per heavy atom. The summed E-state index contributed by atoms with van der Waals surface area (Å²) in [5.41, 5.74) is 0. The molecule has 0 bridgehead atoms. The van der Waals surface area contributed by atoms with Crippen LogP contribution in [-0.2, 0) is 4.74 Å². The highest BCUT2D eigenvalue weighted by Crippen LogP contribution is 2.33.